The van der Waals surface area contributed by atoms with Crippen molar-refractivity contribution < 1.29 is 4.79 Å². The van der Waals surface area contributed by atoms with Gasteiger partial charge in [0.1, 0.15) is 0 Å². The van der Waals surface area contributed by atoms with Crippen LogP contribution >= 0.6 is 12.6 Å². The van der Waals surface area contributed by atoms with Gasteiger partial charge in [-0.3, -0.25) is 9.78 Å². The van der Waals surface area contributed by atoms with E-state index in [0.717, 1.165) is 10.9 Å². The lowest BCUT2D eigenvalue weighted by Crippen LogP contribution is -2.25. The summed E-state index contributed by atoms with van der Waals surface area (Å²) >= 11 is 4.77. The van der Waals surface area contributed by atoms with Crippen LogP contribution in [0.3, 0.4) is 0 Å². The minimum Gasteiger partial charge on any atom is -0.351 e. The number of pyridine rings is 1. The molecule has 0 saturated heterocycles. The molecule has 0 bridgehead atoms. The summed E-state index contributed by atoms with van der Waals surface area (Å²) in [6.45, 7) is 0.515. The van der Waals surface area contributed by atoms with Gasteiger partial charge in [0.2, 0.25) is 0 Å². The summed E-state index contributed by atoms with van der Waals surface area (Å²) in [7, 11) is 0. The van der Waals surface area contributed by atoms with Crippen molar-refractivity contribution in [1.82, 2.24) is 10.3 Å². The van der Waals surface area contributed by atoms with E-state index in [2.05, 4.69) is 10.3 Å². The number of amides is 1. The second kappa shape index (κ2) is 4.99. The lowest BCUT2D eigenvalue weighted by molar-refractivity contribution is 0.0956. The lowest BCUT2D eigenvalue weighted by atomic mass is 10.1. The number of carbonyl (C=O) groups is 1. The first-order chi connectivity index (χ1) is 7.81. The van der Waals surface area contributed by atoms with Gasteiger partial charge in [-0.05, 0) is 12.1 Å². The Morgan fingerprint density at radius 3 is 3.00 bits per heavy atom. The Morgan fingerprint density at radius 1 is 1.38 bits per heavy atom. The Labute approximate surface area is 99.3 Å². The molecule has 0 atom stereocenters. The van der Waals surface area contributed by atoms with Crippen LogP contribution in [0.4, 0.5) is 0 Å². The van der Waals surface area contributed by atoms with Gasteiger partial charge in [0, 0.05) is 23.9 Å². The highest BCUT2D eigenvalue weighted by Crippen LogP contribution is 2.12. The summed E-state index contributed by atoms with van der Waals surface area (Å²) in [4.78, 5) is 15.9. The van der Waals surface area contributed by atoms with Crippen LogP contribution in [0.25, 0.3) is 10.9 Å². The zero-order chi connectivity index (χ0) is 11.4. The van der Waals surface area contributed by atoms with Gasteiger partial charge in [0.05, 0.1) is 11.1 Å². The predicted octanol–water partition coefficient (Wildman–Crippen LogP) is 2.16. The summed E-state index contributed by atoms with van der Waals surface area (Å²) in [6.07, 6.45) is 1.58. The average molecular weight is 231 g/mol. The molecule has 1 aromatic heterocycles. The largest absolute Gasteiger partial charge is 0.351 e. The van der Waals surface area contributed by atoms with E-state index in [1.807, 2.05) is 30.3 Å². The molecule has 1 N–H and O–H groups in total. The Hall–Kier alpha value is -1.55. The quantitative estimate of drug-likeness (QED) is 0.879. The van der Waals surface area contributed by atoms with Gasteiger partial charge in [-0.2, -0.15) is 0 Å². The van der Waals surface area contributed by atoms with Crippen LogP contribution in [0, 0.1) is 0 Å². The average Bonchev–Trinajstić information content (AvgIpc) is 2.35. The van der Waals surface area contributed by atoms with Crippen molar-refractivity contribution in [3.8, 4) is 0 Å². The van der Waals surface area contributed by atoms with E-state index in [4.69, 9.17) is 12.6 Å². The zero-order valence-corrected chi connectivity index (χ0v) is 9.46. The fourth-order valence-corrected chi connectivity index (χ4v) is 1.56. The number of benzene rings is 1. The normalized spacial score (nSPS) is 10.3. The second-order valence-electron chi connectivity index (χ2n) is 3.38. The molecular weight excluding hydrogens is 220 g/mol. The maximum absolute atomic E-state index is 11.6. The highest BCUT2D eigenvalue weighted by molar-refractivity contribution is 7.80. The molecule has 3 nitrogen and oxygen atoms in total. The fourth-order valence-electron chi connectivity index (χ4n) is 1.46. The standard InChI is InChI=1S/C12H11N2OS/c15-12(13-5-6-16)10-7-9-3-1-2-4-11(9)14-8-10/h1-4,7-8H,5-6H2,(H,13,15). The van der Waals surface area contributed by atoms with Crippen LogP contribution in [0.15, 0.2) is 36.5 Å². The Kier molecular flexibility index (Phi) is 3.41. The van der Waals surface area contributed by atoms with Crippen molar-refractivity contribution in [3.63, 3.8) is 0 Å². The molecule has 0 fully saturated rings. The van der Waals surface area contributed by atoms with Crippen LogP contribution in [0.2, 0.25) is 0 Å². The third-order valence-electron chi connectivity index (χ3n) is 2.24. The molecule has 0 aliphatic rings. The van der Waals surface area contributed by atoms with E-state index in [1.54, 1.807) is 6.20 Å². The van der Waals surface area contributed by atoms with E-state index in [0.29, 0.717) is 17.9 Å². The van der Waals surface area contributed by atoms with E-state index < -0.39 is 0 Å². The lowest BCUT2D eigenvalue weighted by Gasteiger charge is -2.03. The molecule has 2 rings (SSSR count). The molecule has 2 aromatic rings. The van der Waals surface area contributed by atoms with Gasteiger partial charge in [0.25, 0.3) is 5.91 Å². The Morgan fingerprint density at radius 2 is 2.19 bits per heavy atom. The molecule has 4 heteroatoms. The van der Waals surface area contributed by atoms with Gasteiger partial charge in [0.15, 0.2) is 0 Å². The first kappa shape index (κ1) is 11.0. The molecule has 1 radical (unpaired) electrons. The van der Waals surface area contributed by atoms with Crippen molar-refractivity contribution in [2.24, 2.45) is 0 Å². The smallest absolute Gasteiger partial charge is 0.252 e. The molecule has 0 aliphatic carbocycles. The summed E-state index contributed by atoms with van der Waals surface area (Å²) in [5.74, 6) is 0.398. The van der Waals surface area contributed by atoms with Crippen LogP contribution in [-0.4, -0.2) is 23.2 Å². The molecule has 0 aliphatic heterocycles. The number of nitrogens with zero attached hydrogens (tertiary/aromatic N) is 1. The molecule has 0 saturated carbocycles. The molecule has 1 aromatic carbocycles. The van der Waals surface area contributed by atoms with Crippen LogP contribution in [-0.2, 0) is 0 Å². The van der Waals surface area contributed by atoms with E-state index >= 15 is 0 Å². The maximum atomic E-state index is 11.6. The van der Waals surface area contributed by atoms with Crippen molar-refractivity contribution in [2.75, 3.05) is 12.3 Å². The molecule has 16 heavy (non-hydrogen) atoms. The van der Waals surface area contributed by atoms with Gasteiger partial charge < -0.3 is 5.32 Å². The van der Waals surface area contributed by atoms with Crippen LogP contribution in [0.5, 0.6) is 0 Å². The number of rotatable bonds is 3. The number of aromatic nitrogens is 1. The number of carbonyl (C=O) groups excluding carboxylic acids is 1. The number of hydrogen-bond donors (Lipinski definition) is 1. The zero-order valence-electron chi connectivity index (χ0n) is 8.64. The van der Waals surface area contributed by atoms with Crippen molar-refractivity contribution in [3.05, 3.63) is 42.1 Å². The molecule has 1 amide bonds. The van der Waals surface area contributed by atoms with Gasteiger partial charge in [-0.15, -0.1) is 0 Å². The Balaban J connectivity index is 2.28. The molecule has 81 valence electrons. The molecular formula is C12H11N2OS. The Bertz CT molecular complexity index is 513. The topological polar surface area (TPSA) is 42.0 Å². The summed E-state index contributed by atoms with van der Waals surface area (Å²) in [6, 6.07) is 9.54. The number of nitrogens with one attached hydrogen (secondary N) is 1. The van der Waals surface area contributed by atoms with Gasteiger partial charge in [-0.1, -0.05) is 30.8 Å². The number of para-hydroxylation sites is 1. The SMILES string of the molecule is O=C(NCC[S])c1cnc2ccccc2c1. The highest BCUT2D eigenvalue weighted by atomic mass is 32.1. The summed E-state index contributed by atoms with van der Waals surface area (Å²) in [5.41, 5.74) is 1.46. The molecule has 1 heterocycles. The van der Waals surface area contributed by atoms with Gasteiger partial charge in [-0.25, -0.2) is 0 Å². The fraction of sp³-hybridized carbons (Fsp3) is 0.167. The summed E-state index contributed by atoms with van der Waals surface area (Å²) < 4.78 is 0. The number of fused-ring (bicyclic) bond motifs is 1. The highest BCUT2D eigenvalue weighted by Gasteiger charge is 2.05. The van der Waals surface area contributed by atoms with Crippen molar-refractivity contribution >= 4 is 29.4 Å². The minimum absolute atomic E-state index is 0.122. The first-order valence-electron chi connectivity index (χ1n) is 5.02. The van der Waals surface area contributed by atoms with E-state index in [-0.39, 0.29) is 5.91 Å². The van der Waals surface area contributed by atoms with Crippen LogP contribution in [0.1, 0.15) is 10.4 Å². The number of hydrogen-bond acceptors (Lipinski definition) is 2. The monoisotopic (exact) mass is 231 g/mol. The summed E-state index contributed by atoms with van der Waals surface area (Å²) in [5, 5.41) is 3.70. The third kappa shape index (κ3) is 2.33. The van der Waals surface area contributed by atoms with Crippen LogP contribution < -0.4 is 5.32 Å². The van der Waals surface area contributed by atoms with Gasteiger partial charge >= 0.3 is 0 Å². The molecule has 0 spiro atoms. The predicted molar refractivity (Wildman–Crippen MR) is 66.5 cm³/mol. The third-order valence-corrected chi connectivity index (χ3v) is 2.44. The van der Waals surface area contributed by atoms with E-state index in [1.165, 1.54) is 0 Å². The minimum atomic E-state index is -0.122. The molecule has 0 unspecified atom stereocenters. The second-order valence-corrected chi connectivity index (χ2v) is 3.78. The van der Waals surface area contributed by atoms with Crippen molar-refractivity contribution in [2.45, 2.75) is 0 Å². The van der Waals surface area contributed by atoms with Crippen molar-refractivity contribution in [1.29, 1.82) is 0 Å². The van der Waals surface area contributed by atoms with E-state index in [9.17, 15) is 4.79 Å². The first-order valence-corrected chi connectivity index (χ1v) is 5.60. The maximum Gasteiger partial charge on any atom is 0.252 e.